The normalized spacial score (nSPS) is 9.94. The molecule has 0 unspecified atom stereocenters. The molecule has 0 saturated heterocycles. The van der Waals surface area contributed by atoms with Crippen molar-refractivity contribution in [2.24, 2.45) is 0 Å². The van der Waals surface area contributed by atoms with Crippen LogP contribution in [0.1, 0.15) is 71.1 Å². The molecule has 184 valence electrons. The van der Waals surface area contributed by atoms with Crippen molar-refractivity contribution in [1.29, 1.82) is 0 Å². The first kappa shape index (κ1) is 55.5. The molecule has 0 atom stereocenters. The Bertz CT molecular complexity index is 605. The first-order valence-corrected chi connectivity index (χ1v) is 12.1. The van der Waals surface area contributed by atoms with Gasteiger partial charge >= 0.3 is 114 Å². The Balaban J connectivity index is -0.0000000545. The van der Waals surface area contributed by atoms with Crippen LogP contribution in [0.4, 0.5) is 0 Å². The van der Waals surface area contributed by atoms with Crippen LogP contribution in [0, 0.1) is 0 Å². The van der Waals surface area contributed by atoms with Crippen molar-refractivity contribution >= 4 is 54.2 Å². The Morgan fingerprint density at radius 3 is 1.16 bits per heavy atom. The van der Waals surface area contributed by atoms with Gasteiger partial charge in [0.05, 0.1) is 6.61 Å². The van der Waals surface area contributed by atoms with E-state index < -0.39 is 31.2 Å². The summed E-state index contributed by atoms with van der Waals surface area (Å²) < 4.78 is 100. The standard InChI is InChI=1S/C12H26O4S.K.Mg.H3N.Na.2H2O4S.H2O/c1-2-3-4-5-6-7-8-9-10-11-12-16-17(13,14)15;;;;;2*1-5(2,3)4;/h2-12H2,1H3,(H,13,14,15);;;1H3;;2*(H2,1,2,3,4);1H2/q;+1;+2;;+1;;;/p-4. The van der Waals surface area contributed by atoms with Crippen molar-refractivity contribution in [3.63, 3.8) is 0 Å². The van der Waals surface area contributed by atoms with E-state index in [1.165, 1.54) is 44.9 Å². The van der Waals surface area contributed by atoms with E-state index in [4.69, 9.17) is 35.0 Å². The maximum atomic E-state index is 10.1. The van der Waals surface area contributed by atoms with Crippen molar-refractivity contribution < 1.29 is 139 Å². The quantitative estimate of drug-likeness (QED) is 0.0844. The summed E-state index contributed by atoms with van der Waals surface area (Å²) in [5.41, 5.74) is 0. The van der Waals surface area contributed by atoms with Crippen LogP contribution < -0.4 is 87.1 Å². The van der Waals surface area contributed by atoms with Crippen molar-refractivity contribution in [1.82, 2.24) is 6.15 Å². The molecular weight excluding hydrogens is 549 g/mol. The van der Waals surface area contributed by atoms with Gasteiger partial charge in [-0.1, -0.05) is 64.7 Å². The zero-order valence-corrected chi connectivity index (χ0v) is 27.8. The summed E-state index contributed by atoms with van der Waals surface area (Å²) in [6.07, 6.45) is 11.7. The predicted molar refractivity (Wildman–Crippen MR) is 105 cm³/mol. The molecule has 0 aliphatic heterocycles. The molecule has 0 rings (SSSR count). The molecule has 0 fully saturated rings. The van der Waals surface area contributed by atoms with Crippen LogP contribution in [0.15, 0.2) is 0 Å². The molecule has 0 saturated carbocycles. The summed E-state index contributed by atoms with van der Waals surface area (Å²) in [6, 6.07) is 0. The summed E-state index contributed by atoms with van der Waals surface area (Å²) in [5.74, 6) is 0. The topological polar surface area (TPSA) is 286 Å². The minimum atomic E-state index is -5.17. The molecule has 0 radical (unpaired) electrons. The van der Waals surface area contributed by atoms with Gasteiger partial charge in [0.2, 0.25) is 10.4 Å². The van der Waals surface area contributed by atoms with Crippen LogP contribution >= 0.6 is 0 Å². The number of hydrogen-bond acceptors (Lipinski definition) is 12. The van der Waals surface area contributed by atoms with E-state index in [2.05, 4.69) is 11.1 Å². The van der Waals surface area contributed by atoms with Crippen molar-refractivity contribution in [3.8, 4) is 0 Å². The second-order valence-corrected chi connectivity index (χ2v) is 8.03. The summed E-state index contributed by atoms with van der Waals surface area (Å²) in [5, 5.41) is 0. The smallest absolute Gasteiger partial charge is 0.870 e. The van der Waals surface area contributed by atoms with Crippen LogP contribution in [0.25, 0.3) is 0 Å². The Morgan fingerprint density at radius 2 is 0.938 bits per heavy atom. The van der Waals surface area contributed by atoms with Gasteiger partial charge in [-0.15, -0.1) is 0 Å². The van der Waals surface area contributed by atoms with Crippen molar-refractivity contribution in [2.45, 2.75) is 71.1 Å². The fourth-order valence-electron chi connectivity index (χ4n) is 1.75. The van der Waals surface area contributed by atoms with Gasteiger partial charge in [-0.25, -0.2) is 8.42 Å². The molecular formula is C12H31KMgNNaO13S3. The molecule has 32 heavy (non-hydrogen) atoms. The maximum absolute atomic E-state index is 10.1. The van der Waals surface area contributed by atoms with E-state index in [9.17, 15) is 13.0 Å². The van der Waals surface area contributed by atoms with Crippen LogP contribution in [0.2, 0.25) is 0 Å². The fourth-order valence-corrected chi connectivity index (χ4v) is 2.07. The van der Waals surface area contributed by atoms with Crippen LogP contribution in [-0.2, 0) is 35.4 Å². The second kappa shape index (κ2) is 33.9. The van der Waals surface area contributed by atoms with E-state index in [0.717, 1.165) is 12.8 Å². The van der Waals surface area contributed by atoms with Gasteiger partial charge in [-0.2, -0.15) is 8.42 Å². The van der Waals surface area contributed by atoms with E-state index in [-0.39, 0.29) is 122 Å². The van der Waals surface area contributed by atoms with Crippen LogP contribution in [-0.4, -0.2) is 83.2 Å². The third-order valence-electron chi connectivity index (χ3n) is 2.73. The minimum absolute atomic E-state index is 0. The molecule has 0 aliphatic rings. The monoisotopic (exact) mass is 579 g/mol. The van der Waals surface area contributed by atoms with Gasteiger partial charge < -0.3 is 25.3 Å². The molecule has 20 heteroatoms. The van der Waals surface area contributed by atoms with E-state index in [0.29, 0.717) is 6.42 Å². The fraction of sp³-hybridized carbons (Fsp3) is 1.00. The molecule has 0 aliphatic carbocycles. The first-order valence-electron chi connectivity index (χ1n) is 8.03. The molecule has 0 amide bonds. The maximum Gasteiger partial charge on any atom is 2.00 e. The zero-order valence-electron chi connectivity index (χ0n) is 18.8. The van der Waals surface area contributed by atoms with Crippen molar-refractivity contribution in [3.05, 3.63) is 0 Å². The average molecular weight is 580 g/mol. The van der Waals surface area contributed by atoms with Gasteiger partial charge in [0.15, 0.2) is 0 Å². The Morgan fingerprint density at radius 1 is 0.719 bits per heavy atom. The van der Waals surface area contributed by atoms with Gasteiger partial charge in [0.25, 0.3) is 0 Å². The third kappa shape index (κ3) is 117. The number of unbranched alkanes of at least 4 members (excludes halogenated alkanes) is 9. The molecule has 0 aromatic carbocycles. The molecule has 0 spiro atoms. The van der Waals surface area contributed by atoms with E-state index >= 15 is 0 Å². The molecule has 0 aromatic rings. The molecule has 6 N–H and O–H groups in total. The van der Waals surface area contributed by atoms with Gasteiger partial charge in [-0.05, 0) is 6.42 Å². The van der Waals surface area contributed by atoms with Gasteiger partial charge in [0, 0.05) is 10.4 Å². The second-order valence-electron chi connectivity index (χ2n) is 5.27. The summed E-state index contributed by atoms with van der Waals surface area (Å²) in [4.78, 5) is 0. The Kier molecular flexibility index (Phi) is 58.8. The SMILES string of the molecule is CCCCCCCCCCCCOS(=O)(=O)[O-].N.O=S(=O)(O)O.O=S(=O)([O-])[O-].[K+].[Mg+2].[Na+].[OH-]. The van der Waals surface area contributed by atoms with Gasteiger partial charge in [0.1, 0.15) is 0 Å². The summed E-state index contributed by atoms with van der Waals surface area (Å²) in [6.45, 7) is 2.24. The minimum Gasteiger partial charge on any atom is -0.870 e. The van der Waals surface area contributed by atoms with Crippen LogP contribution in [0.3, 0.4) is 0 Å². The average Bonchev–Trinajstić information content (AvgIpc) is 2.40. The molecule has 14 nitrogen and oxygen atoms in total. The predicted octanol–water partition coefficient (Wildman–Crippen LogP) is -4.99. The Hall–Kier alpha value is 2.93. The number of rotatable bonds is 12. The van der Waals surface area contributed by atoms with E-state index in [1.54, 1.807) is 0 Å². The molecule has 0 heterocycles. The van der Waals surface area contributed by atoms with E-state index in [1.807, 2.05) is 0 Å². The van der Waals surface area contributed by atoms with Crippen molar-refractivity contribution in [2.75, 3.05) is 6.61 Å². The largest absolute Gasteiger partial charge is 2.00 e. The van der Waals surface area contributed by atoms with Gasteiger partial charge in [-0.3, -0.25) is 21.7 Å². The number of hydrogen-bond donors (Lipinski definition) is 3. The summed E-state index contributed by atoms with van der Waals surface area (Å²) >= 11 is 0. The summed E-state index contributed by atoms with van der Waals surface area (Å²) in [7, 11) is -14.3. The Labute approximate surface area is 272 Å². The van der Waals surface area contributed by atoms with Crippen LogP contribution in [0.5, 0.6) is 0 Å². The zero-order chi connectivity index (χ0) is 22.0. The first-order chi connectivity index (χ1) is 12.1. The molecule has 0 bridgehead atoms. The third-order valence-corrected chi connectivity index (χ3v) is 3.18. The molecule has 0 aromatic heterocycles.